The molecule has 3 rings (SSSR count). The van der Waals surface area contributed by atoms with Crippen molar-refractivity contribution in [3.05, 3.63) is 47.2 Å². The molecule has 0 saturated carbocycles. The van der Waals surface area contributed by atoms with E-state index in [4.69, 9.17) is 9.47 Å². The Labute approximate surface area is 125 Å². The van der Waals surface area contributed by atoms with Gasteiger partial charge in [-0.2, -0.15) is 0 Å². The highest BCUT2D eigenvalue weighted by Gasteiger charge is 2.31. The fraction of sp³-hybridized carbons (Fsp3) is 0.0625. The Hall–Kier alpha value is -3.15. The standard InChI is InChI=1S/C16H12O6/c1-21-12-4-8(2-3-10(12)18)5-14-16(20)15-11(19)6-9(17)7-13(15)22-14/h2-7,17-19H,1H3/b14-5+. The number of aromatic hydroxyl groups is 3. The number of hydrogen-bond donors (Lipinski definition) is 3. The van der Waals surface area contributed by atoms with Gasteiger partial charge in [0.05, 0.1) is 7.11 Å². The Bertz CT molecular complexity index is 807. The van der Waals surface area contributed by atoms with Crippen LogP contribution in [0.1, 0.15) is 15.9 Å². The summed E-state index contributed by atoms with van der Waals surface area (Å²) in [6.45, 7) is 0. The van der Waals surface area contributed by atoms with Crippen molar-refractivity contribution >= 4 is 11.9 Å². The second kappa shape index (κ2) is 5.00. The molecule has 112 valence electrons. The molecule has 1 heterocycles. The number of phenols is 3. The highest BCUT2D eigenvalue weighted by atomic mass is 16.5. The number of methoxy groups -OCH3 is 1. The van der Waals surface area contributed by atoms with Gasteiger partial charge in [0.15, 0.2) is 17.3 Å². The summed E-state index contributed by atoms with van der Waals surface area (Å²) in [7, 11) is 1.42. The minimum absolute atomic E-state index is 0.00337. The largest absolute Gasteiger partial charge is 0.508 e. The summed E-state index contributed by atoms with van der Waals surface area (Å²) in [6.07, 6.45) is 1.46. The van der Waals surface area contributed by atoms with Crippen LogP contribution in [0.2, 0.25) is 0 Å². The summed E-state index contributed by atoms with van der Waals surface area (Å²) < 4.78 is 10.4. The second-order valence-electron chi connectivity index (χ2n) is 4.71. The van der Waals surface area contributed by atoms with Crippen LogP contribution in [0.4, 0.5) is 0 Å². The summed E-state index contributed by atoms with van der Waals surface area (Å²) >= 11 is 0. The molecule has 2 aromatic carbocycles. The molecule has 0 unspecified atom stereocenters. The fourth-order valence-electron chi connectivity index (χ4n) is 2.21. The molecule has 0 aromatic heterocycles. The third-order valence-electron chi connectivity index (χ3n) is 3.24. The molecule has 1 aliphatic heterocycles. The van der Waals surface area contributed by atoms with Crippen LogP contribution in [-0.4, -0.2) is 28.2 Å². The van der Waals surface area contributed by atoms with Crippen LogP contribution in [0.25, 0.3) is 6.08 Å². The molecule has 0 spiro atoms. The van der Waals surface area contributed by atoms with E-state index in [1.807, 2.05) is 0 Å². The molecule has 6 nitrogen and oxygen atoms in total. The van der Waals surface area contributed by atoms with Crippen molar-refractivity contribution in [2.24, 2.45) is 0 Å². The maximum atomic E-state index is 12.2. The molecule has 0 fully saturated rings. The second-order valence-corrected chi connectivity index (χ2v) is 4.71. The van der Waals surface area contributed by atoms with E-state index in [2.05, 4.69) is 0 Å². The number of ether oxygens (including phenoxy) is 2. The number of Topliss-reactive ketones (excluding diaryl/α,β-unsaturated/α-hetero) is 1. The zero-order chi connectivity index (χ0) is 15.9. The third-order valence-corrected chi connectivity index (χ3v) is 3.24. The average molecular weight is 300 g/mol. The smallest absolute Gasteiger partial charge is 0.235 e. The fourth-order valence-corrected chi connectivity index (χ4v) is 2.21. The van der Waals surface area contributed by atoms with Gasteiger partial charge in [0, 0.05) is 12.1 Å². The molecular formula is C16H12O6. The van der Waals surface area contributed by atoms with Gasteiger partial charge in [-0.15, -0.1) is 0 Å². The molecule has 22 heavy (non-hydrogen) atoms. The van der Waals surface area contributed by atoms with Crippen LogP contribution in [0.15, 0.2) is 36.1 Å². The monoisotopic (exact) mass is 300 g/mol. The maximum absolute atomic E-state index is 12.2. The minimum Gasteiger partial charge on any atom is -0.508 e. The van der Waals surface area contributed by atoms with Gasteiger partial charge >= 0.3 is 0 Å². The number of carbonyl (C=O) groups excluding carboxylic acids is 1. The first-order valence-corrected chi connectivity index (χ1v) is 6.37. The Morgan fingerprint density at radius 2 is 1.86 bits per heavy atom. The molecule has 6 heteroatoms. The number of rotatable bonds is 2. The third kappa shape index (κ3) is 2.20. The van der Waals surface area contributed by atoms with Crippen LogP contribution >= 0.6 is 0 Å². The van der Waals surface area contributed by atoms with Crippen LogP contribution in [0.5, 0.6) is 28.7 Å². The molecule has 0 amide bonds. The van der Waals surface area contributed by atoms with Gasteiger partial charge < -0.3 is 24.8 Å². The zero-order valence-corrected chi connectivity index (χ0v) is 11.5. The number of allylic oxidation sites excluding steroid dienone is 1. The lowest BCUT2D eigenvalue weighted by molar-refractivity contribution is 0.101. The van der Waals surface area contributed by atoms with Gasteiger partial charge in [-0.1, -0.05) is 6.07 Å². The lowest BCUT2D eigenvalue weighted by atomic mass is 10.1. The number of benzene rings is 2. The first-order chi connectivity index (χ1) is 10.5. The molecule has 0 radical (unpaired) electrons. The van der Waals surface area contributed by atoms with Crippen molar-refractivity contribution in [3.63, 3.8) is 0 Å². The number of fused-ring (bicyclic) bond motifs is 1. The van der Waals surface area contributed by atoms with Crippen molar-refractivity contribution < 1.29 is 29.6 Å². The topological polar surface area (TPSA) is 96.2 Å². The molecular weight excluding hydrogens is 288 g/mol. The van der Waals surface area contributed by atoms with Crippen molar-refractivity contribution in [1.29, 1.82) is 0 Å². The summed E-state index contributed by atoms with van der Waals surface area (Å²) in [5, 5.41) is 28.7. The van der Waals surface area contributed by atoms with Crippen molar-refractivity contribution in [1.82, 2.24) is 0 Å². The molecule has 1 aliphatic rings. The highest BCUT2D eigenvalue weighted by Crippen LogP contribution is 2.40. The lowest BCUT2D eigenvalue weighted by Crippen LogP contribution is -1.98. The average Bonchev–Trinajstić information content (AvgIpc) is 2.77. The van der Waals surface area contributed by atoms with Gasteiger partial charge in [-0.3, -0.25) is 4.79 Å². The maximum Gasteiger partial charge on any atom is 0.235 e. The first-order valence-electron chi connectivity index (χ1n) is 6.37. The molecule has 3 N–H and O–H groups in total. The van der Waals surface area contributed by atoms with E-state index in [1.165, 1.54) is 25.3 Å². The number of hydrogen-bond acceptors (Lipinski definition) is 6. The number of carbonyl (C=O) groups is 1. The molecule has 0 aliphatic carbocycles. The van der Waals surface area contributed by atoms with E-state index < -0.39 is 5.78 Å². The highest BCUT2D eigenvalue weighted by molar-refractivity contribution is 6.16. The lowest BCUT2D eigenvalue weighted by Gasteiger charge is -2.04. The Kier molecular flexibility index (Phi) is 3.14. The van der Waals surface area contributed by atoms with E-state index in [9.17, 15) is 20.1 Å². The summed E-state index contributed by atoms with van der Waals surface area (Å²) in [6, 6.07) is 6.89. The van der Waals surface area contributed by atoms with Crippen molar-refractivity contribution in [2.45, 2.75) is 0 Å². The summed E-state index contributed by atoms with van der Waals surface area (Å²) in [4.78, 5) is 12.2. The van der Waals surface area contributed by atoms with Gasteiger partial charge in [0.25, 0.3) is 0 Å². The summed E-state index contributed by atoms with van der Waals surface area (Å²) in [5.41, 5.74) is 0.587. The van der Waals surface area contributed by atoms with Gasteiger partial charge in [0.2, 0.25) is 5.78 Å². The number of phenolic OH excluding ortho intramolecular Hbond substituents is 3. The quantitative estimate of drug-likeness (QED) is 0.737. The van der Waals surface area contributed by atoms with E-state index in [-0.39, 0.29) is 40.1 Å². The first kappa shape index (κ1) is 13.8. The van der Waals surface area contributed by atoms with E-state index >= 15 is 0 Å². The summed E-state index contributed by atoms with van der Waals surface area (Å²) in [5.74, 6) is -0.682. The molecule has 0 saturated heterocycles. The van der Waals surface area contributed by atoms with Crippen molar-refractivity contribution in [3.8, 4) is 28.7 Å². The predicted molar refractivity (Wildman–Crippen MR) is 77.4 cm³/mol. The normalized spacial score (nSPS) is 14.8. The van der Waals surface area contributed by atoms with E-state index in [0.29, 0.717) is 5.56 Å². The Balaban J connectivity index is 2.01. The van der Waals surface area contributed by atoms with E-state index in [1.54, 1.807) is 12.1 Å². The Morgan fingerprint density at radius 1 is 1.09 bits per heavy atom. The minimum atomic E-state index is -0.487. The predicted octanol–water partition coefficient (Wildman–Crippen LogP) is 2.43. The van der Waals surface area contributed by atoms with E-state index in [0.717, 1.165) is 6.07 Å². The van der Waals surface area contributed by atoms with Crippen LogP contribution in [-0.2, 0) is 0 Å². The van der Waals surface area contributed by atoms with Gasteiger partial charge in [-0.05, 0) is 23.8 Å². The SMILES string of the molecule is COc1cc(/C=C2/Oc3cc(O)cc(O)c3C2=O)ccc1O. The van der Waals surface area contributed by atoms with Crippen LogP contribution in [0, 0.1) is 0 Å². The Morgan fingerprint density at radius 3 is 2.59 bits per heavy atom. The van der Waals surface area contributed by atoms with Gasteiger partial charge in [-0.25, -0.2) is 0 Å². The molecule has 2 aromatic rings. The number of ketones is 1. The molecule has 0 bridgehead atoms. The van der Waals surface area contributed by atoms with Crippen molar-refractivity contribution in [2.75, 3.05) is 7.11 Å². The van der Waals surface area contributed by atoms with Gasteiger partial charge in [0.1, 0.15) is 22.8 Å². The van der Waals surface area contributed by atoms with Crippen LogP contribution < -0.4 is 9.47 Å². The molecule has 0 atom stereocenters. The zero-order valence-electron chi connectivity index (χ0n) is 11.5. The van der Waals surface area contributed by atoms with Crippen LogP contribution in [0.3, 0.4) is 0 Å².